The maximum Gasteiger partial charge on any atom is 0.277 e. The number of nitrogens with one attached hydrogen (secondary N) is 1. The Morgan fingerprint density at radius 2 is 1.88 bits per heavy atom. The second kappa shape index (κ2) is 7.81. The minimum atomic E-state index is -0.366. The van der Waals surface area contributed by atoms with Crippen molar-refractivity contribution in [2.45, 2.75) is 0 Å². The molecule has 0 saturated carbocycles. The summed E-state index contributed by atoms with van der Waals surface area (Å²) < 4.78 is 6.37. The van der Waals surface area contributed by atoms with Gasteiger partial charge in [-0.15, -0.1) is 0 Å². The van der Waals surface area contributed by atoms with Crippen LogP contribution < -0.4 is 10.2 Å². The Bertz CT molecular complexity index is 924. The molecule has 1 amide bonds. The number of halogens is 1. The van der Waals surface area contributed by atoms with Crippen molar-refractivity contribution in [2.24, 2.45) is 5.10 Å². The van der Waals surface area contributed by atoms with E-state index in [1.165, 1.54) is 6.21 Å². The van der Waals surface area contributed by atoms with Crippen LogP contribution in [0.15, 0.2) is 70.2 Å². The van der Waals surface area contributed by atoms with Gasteiger partial charge in [-0.3, -0.25) is 4.79 Å². The smallest absolute Gasteiger partial charge is 0.277 e. The molecule has 0 saturated heterocycles. The summed E-state index contributed by atoms with van der Waals surface area (Å²) in [6, 6.07) is 18.1. The predicted octanol–water partition coefficient (Wildman–Crippen LogP) is 3.84. The van der Waals surface area contributed by atoms with Crippen LogP contribution in [0.2, 0.25) is 0 Å². The highest BCUT2D eigenvalue weighted by molar-refractivity contribution is 9.10. The zero-order valence-corrected chi connectivity index (χ0v) is 14.7. The van der Waals surface area contributed by atoms with Crippen LogP contribution >= 0.6 is 15.9 Å². The van der Waals surface area contributed by atoms with Crippen molar-refractivity contribution in [3.05, 3.63) is 70.7 Å². The van der Waals surface area contributed by atoms with Crippen LogP contribution in [0.25, 0.3) is 10.8 Å². The fraction of sp³-hybridized carbons (Fsp3) is 0.0526. The van der Waals surface area contributed by atoms with Crippen molar-refractivity contribution >= 4 is 38.8 Å². The molecule has 0 bridgehead atoms. The van der Waals surface area contributed by atoms with E-state index in [4.69, 9.17) is 4.74 Å². The normalized spacial score (nSPS) is 10.9. The summed E-state index contributed by atoms with van der Waals surface area (Å²) in [7, 11) is 0. The van der Waals surface area contributed by atoms with E-state index in [9.17, 15) is 9.90 Å². The number of rotatable bonds is 5. The van der Waals surface area contributed by atoms with E-state index in [1.807, 2.05) is 36.4 Å². The Morgan fingerprint density at radius 1 is 1.12 bits per heavy atom. The van der Waals surface area contributed by atoms with E-state index in [2.05, 4.69) is 26.5 Å². The van der Waals surface area contributed by atoms with Gasteiger partial charge in [-0.25, -0.2) is 5.43 Å². The number of carbonyl (C=O) groups excluding carboxylic acids is 1. The van der Waals surface area contributed by atoms with Crippen LogP contribution in [-0.2, 0) is 4.79 Å². The molecular formula is C19H15BrN2O3. The summed E-state index contributed by atoms with van der Waals surface area (Å²) in [5, 5.41) is 15.2. The molecule has 2 N–H and O–H groups in total. The van der Waals surface area contributed by atoms with Gasteiger partial charge in [-0.1, -0.05) is 30.3 Å². The van der Waals surface area contributed by atoms with Gasteiger partial charge in [-0.2, -0.15) is 5.10 Å². The second-order valence-electron chi connectivity index (χ2n) is 5.27. The number of fused-ring (bicyclic) bond motifs is 1. The first-order valence-electron chi connectivity index (χ1n) is 7.54. The van der Waals surface area contributed by atoms with Gasteiger partial charge in [-0.05, 0) is 62.6 Å². The quantitative estimate of drug-likeness (QED) is 0.506. The molecule has 0 unspecified atom stereocenters. The summed E-state index contributed by atoms with van der Waals surface area (Å²) in [4.78, 5) is 11.8. The lowest BCUT2D eigenvalue weighted by Gasteiger charge is -2.09. The number of phenolic OH excluding ortho intramolecular Hbond substituents is 1. The predicted molar refractivity (Wildman–Crippen MR) is 101 cm³/mol. The monoisotopic (exact) mass is 398 g/mol. The molecule has 3 aromatic rings. The van der Waals surface area contributed by atoms with Crippen molar-refractivity contribution in [3.63, 3.8) is 0 Å². The fourth-order valence-corrected chi connectivity index (χ4v) is 2.85. The first-order valence-corrected chi connectivity index (χ1v) is 8.34. The summed E-state index contributed by atoms with van der Waals surface area (Å²) in [6.45, 7) is -0.149. The molecule has 3 aromatic carbocycles. The molecule has 0 spiro atoms. The van der Waals surface area contributed by atoms with Crippen LogP contribution in [0.4, 0.5) is 0 Å². The Kier molecular flexibility index (Phi) is 5.30. The van der Waals surface area contributed by atoms with E-state index in [-0.39, 0.29) is 18.3 Å². The molecule has 25 heavy (non-hydrogen) atoms. The zero-order valence-electron chi connectivity index (χ0n) is 13.1. The number of hydrogen-bond donors (Lipinski definition) is 2. The number of carbonyl (C=O) groups is 1. The van der Waals surface area contributed by atoms with Crippen LogP contribution in [0.1, 0.15) is 5.56 Å². The number of nitrogens with zero attached hydrogens (tertiary/aromatic N) is 1. The van der Waals surface area contributed by atoms with Gasteiger partial charge in [0, 0.05) is 0 Å². The van der Waals surface area contributed by atoms with Crippen molar-refractivity contribution in [3.8, 4) is 11.5 Å². The van der Waals surface area contributed by atoms with Gasteiger partial charge in [0.2, 0.25) is 0 Å². The molecule has 0 aliphatic heterocycles. The number of amides is 1. The maximum atomic E-state index is 11.8. The molecule has 6 heteroatoms. The number of benzene rings is 3. The lowest BCUT2D eigenvalue weighted by atomic mass is 10.1. The van der Waals surface area contributed by atoms with Crippen LogP contribution in [0, 0.1) is 0 Å². The Morgan fingerprint density at radius 3 is 2.68 bits per heavy atom. The first-order chi connectivity index (χ1) is 12.1. The third kappa shape index (κ3) is 4.36. The van der Waals surface area contributed by atoms with E-state index >= 15 is 0 Å². The zero-order chi connectivity index (χ0) is 17.6. The maximum absolute atomic E-state index is 11.8. The van der Waals surface area contributed by atoms with Gasteiger partial charge < -0.3 is 9.84 Å². The van der Waals surface area contributed by atoms with Crippen molar-refractivity contribution < 1.29 is 14.6 Å². The fourth-order valence-electron chi connectivity index (χ4n) is 2.24. The minimum Gasteiger partial charge on any atom is -0.508 e. The van der Waals surface area contributed by atoms with E-state index in [0.29, 0.717) is 5.75 Å². The third-order valence-corrected chi connectivity index (χ3v) is 4.30. The van der Waals surface area contributed by atoms with Crippen molar-refractivity contribution in [1.29, 1.82) is 0 Å². The Hall–Kier alpha value is -2.86. The van der Waals surface area contributed by atoms with E-state index in [1.54, 1.807) is 24.3 Å². The molecule has 0 heterocycles. The molecule has 126 valence electrons. The van der Waals surface area contributed by atoms with Gasteiger partial charge in [0.1, 0.15) is 11.5 Å². The Labute approximate surface area is 153 Å². The molecule has 0 atom stereocenters. The highest BCUT2D eigenvalue weighted by Crippen LogP contribution is 2.32. The number of hydrogen-bond acceptors (Lipinski definition) is 4. The van der Waals surface area contributed by atoms with Crippen molar-refractivity contribution in [1.82, 2.24) is 5.43 Å². The summed E-state index contributed by atoms with van der Waals surface area (Å²) >= 11 is 3.51. The Balaban J connectivity index is 1.57. The number of hydrazone groups is 1. The molecule has 0 aromatic heterocycles. The lowest BCUT2D eigenvalue weighted by molar-refractivity contribution is -0.123. The molecular weight excluding hydrogens is 384 g/mol. The largest absolute Gasteiger partial charge is 0.508 e. The number of aromatic hydroxyl groups is 1. The average molecular weight is 399 g/mol. The topological polar surface area (TPSA) is 70.9 Å². The van der Waals surface area contributed by atoms with Gasteiger partial charge in [0.05, 0.1) is 10.7 Å². The molecule has 0 fully saturated rings. The summed E-state index contributed by atoms with van der Waals surface area (Å²) in [5.41, 5.74) is 3.16. The molecule has 0 radical (unpaired) electrons. The number of ether oxygens (including phenoxy) is 1. The average Bonchev–Trinajstić information content (AvgIpc) is 2.63. The third-order valence-electron chi connectivity index (χ3n) is 3.48. The summed E-state index contributed by atoms with van der Waals surface area (Å²) in [5.74, 6) is 0.405. The SMILES string of the molecule is O=C(COc1ccc2ccccc2c1Br)NN=Cc1ccc(O)cc1. The summed E-state index contributed by atoms with van der Waals surface area (Å²) in [6.07, 6.45) is 1.49. The standard InChI is InChI=1S/C19H15BrN2O3/c20-19-16-4-2-1-3-14(16)7-10-17(19)25-12-18(24)22-21-11-13-5-8-15(23)9-6-13/h1-11,23H,12H2,(H,22,24). The highest BCUT2D eigenvalue weighted by atomic mass is 79.9. The van der Waals surface area contributed by atoms with E-state index < -0.39 is 0 Å². The molecule has 0 aliphatic carbocycles. The van der Waals surface area contributed by atoms with Crippen LogP contribution in [0.5, 0.6) is 11.5 Å². The molecule has 0 aliphatic rings. The minimum absolute atomic E-state index is 0.149. The van der Waals surface area contributed by atoms with Gasteiger partial charge in [0.15, 0.2) is 6.61 Å². The second-order valence-corrected chi connectivity index (χ2v) is 6.07. The first kappa shape index (κ1) is 17.0. The van der Waals surface area contributed by atoms with E-state index in [0.717, 1.165) is 20.8 Å². The number of phenols is 1. The van der Waals surface area contributed by atoms with Gasteiger partial charge >= 0.3 is 0 Å². The van der Waals surface area contributed by atoms with Crippen molar-refractivity contribution in [2.75, 3.05) is 6.61 Å². The highest BCUT2D eigenvalue weighted by Gasteiger charge is 2.08. The molecule has 3 rings (SSSR count). The van der Waals surface area contributed by atoms with Crippen LogP contribution in [-0.4, -0.2) is 23.8 Å². The molecule has 5 nitrogen and oxygen atoms in total. The van der Waals surface area contributed by atoms with Gasteiger partial charge in [0.25, 0.3) is 5.91 Å². The van der Waals surface area contributed by atoms with Crippen LogP contribution in [0.3, 0.4) is 0 Å². The lowest BCUT2D eigenvalue weighted by Crippen LogP contribution is -2.24.